The van der Waals surface area contributed by atoms with Gasteiger partial charge in [0.05, 0.1) is 12.5 Å². The van der Waals surface area contributed by atoms with E-state index < -0.39 is 5.97 Å². The minimum atomic E-state index is -0.789. The highest BCUT2D eigenvalue weighted by Crippen LogP contribution is 2.22. The molecule has 0 radical (unpaired) electrons. The Morgan fingerprint density at radius 3 is 2.94 bits per heavy atom. The molecule has 0 saturated carbocycles. The predicted molar refractivity (Wildman–Crippen MR) is 66.9 cm³/mol. The molecule has 0 aliphatic carbocycles. The Balaban J connectivity index is 1.98. The monoisotopic (exact) mass is 250 g/mol. The summed E-state index contributed by atoms with van der Waals surface area (Å²) in [5.41, 5.74) is 1.05. The quantitative estimate of drug-likeness (QED) is 0.737. The van der Waals surface area contributed by atoms with Crippen LogP contribution >= 0.6 is 11.3 Å². The van der Waals surface area contributed by atoms with Gasteiger partial charge in [-0.15, -0.1) is 11.3 Å². The van der Waals surface area contributed by atoms with Gasteiger partial charge in [-0.25, -0.2) is 0 Å². The second-order valence-electron chi connectivity index (χ2n) is 3.74. The van der Waals surface area contributed by atoms with Crippen molar-refractivity contribution in [1.82, 2.24) is 10.3 Å². The molecule has 0 aliphatic rings. The fourth-order valence-corrected chi connectivity index (χ4v) is 2.45. The summed E-state index contributed by atoms with van der Waals surface area (Å²) in [7, 11) is 0. The summed E-state index contributed by atoms with van der Waals surface area (Å²) in [5, 5.41) is 14.1. The van der Waals surface area contributed by atoms with Crippen molar-refractivity contribution >= 4 is 17.3 Å². The Bertz CT molecular complexity index is 451. The zero-order chi connectivity index (χ0) is 12.1. The van der Waals surface area contributed by atoms with Gasteiger partial charge in [-0.05, 0) is 23.6 Å². The molecule has 17 heavy (non-hydrogen) atoms. The number of aliphatic carboxylic acids is 1. The number of aromatic nitrogens is 1. The first-order chi connectivity index (χ1) is 8.25. The lowest BCUT2D eigenvalue weighted by Crippen LogP contribution is -2.22. The summed E-state index contributed by atoms with van der Waals surface area (Å²) in [6.45, 7) is 0.642. The molecule has 0 amide bonds. The lowest BCUT2D eigenvalue weighted by atomic mass is 10.1. The number of H-pyrrole nitrogens is 1. The van der Waals surface area contributed by atoms with Crippen LogP contribution in [0.2, 0.25) is 0 Å². The van der Waals surface area contributed by atoms with Crippen LogP contribution in [0.15, 0.2) is 35.8 Å². The Labute approximate surface area is 103 Å². The maximum absolute atomic E-state index is 10.8. The Morgan fingerprint density at radius 2 is 2.35 bits per heavy atom. The van der Waals surface area contributed by atoms with Gasteiger partial charge in [-0.1, -0.05) is 6.07 Å². The van der Waals surface area contributed by atoms with E-state index in [9.17, 15) is 4.79 Å². The summed E-state index contributed by atoms with van der Waals surface area (Å²) in [4.78, 5) is 15.0. The summed E-state index contributed by atoms with van der Waals surface area (Å²) < 4.78 is 0. The van der Waals surface area contributed by atoms with Gasteiger partial charge >= 0.3 is 5.97 Å². The molecule has 2 rings (SSSR count). The van der Waals surface area contributed by atoms with E-state index in [4.69, 9.17) is 5.11 Å². The van der Waals surface area contributed by atoms with Crippen molar-refractivity contribution in [3.8, 4) is 0 Å². The second-order valence-corrected chi connectivity index (χ2v) is 4.72. The topological polar surface area (TPSA) is 65.1 Å². The Hall–Kier alpha value is -1.59. The van der Waals surface area contributed by atoms with Crippen molar-refractivity contribution in [2.45, 2.75) is 19.0 Å². The largest absolute Gasteiger partial charge is 0.481 e. The van der Waals surface area contributed by atoms with Gasteiger partial charge in [-0.3, -0.25) is 4.79 Å². The van der Waals surface area contributed by atoms with E-state index in [1.807, 2.05) is 35.8 Å². The summed E-state index contributed by atoms with van der Waals surface area (Å²) in [6.07, 6.45) is 1.95. The van der Waals surface area contributed by atoms with Crippen LogP contribution in [0, 0.1) is 0 Å². The highest BCUT2D eigenvalue weighted by atomic mass is 32.1. The third kappa shape index (κ3) is 3.44. The van der Waals surface area contributed by atoms with Crippen molar-refractivity contribution in [2.75, 3.05) is 0 Å². The number of aromatic amines is 1. The normalized spacial score (nSPS) is 12.5. The molecule has 90 valence electrons. The average molecular weight is 250 g/mol. The molecule has 0 spiro atoms. The molecule has 0 fully saturated rings. The van der Waals surface area contributed by atoms with Crippen molar-refractivity contribution in [3.63, 3.8) is 0 Å². The van der Waals surface area contributed by atoms with Gasteiger partial charge in [0.2, 0.25) is 0 Å². The van der Waals surface area contributed by atoms with Gasteiger partial charge in [0, 0.05) is 23.3 Å². The van der Waals surface area contributed by atoms with E-state index in [0.717, 1.165) is 10.6 Å². The maximum Gasteiger partial charge on any atom is 0.305 e. The van der Waals surface area contributed by atoms with Crippen LogP contribution in [0.5, 0.6) is 0 Å². The molecular formula is C12H14N2O2S. The number of carbonyl (C=O) groups is 1. The zero-order valence-electron chi connectivity index (χ0n) is 9.22. The van der Waals surface area contributed by atoms with Crippen molar-refractivity contribution in [1.29, 1.82) is 0 Å². The van der Waals surface area contributed by atoms with Crippen molar-refractivity contribution in [3.05, 3.63) is 46.4 Å². The molecular weight excluding hydrogens is 236 g/mol. The molecule has 2 heterocycles. The van der Waals surface area contributed by atoms with Crippen LogP contribution in [0.3, 0.4) is 0 Å². The molecule has 5 heteroatoms. The molecule has 4 nitrogen and oxygen atoms in total. The molecule has 3 N–H and O–H groups in total. The number of hydrogen-bond donors (Lipinski definition) is 3. The SMILES string of the molecule is O=C(O)CC(NCc1ccc[nH]1)c1cccs1. The second kappa shape index (κ2) is 5.65. The van der Waals surface area contributed by atoms with Gasteiger partial charge in [-0.2, -0.15) is 0 Å². The van der Waals surface area contributed by atoms with Crippen LogP contribution in [-0.2, 0) is 11.3 Å². The van der Waals surface area contributed by atoms with E-state index in [2.05, 4.69) is 10.3 Å². The molecule has 0 bridgehead atoms. The number of carboxylic acid groups (broad SMARTS) is 1. The summed E-state index contributed by atoms with van der Waals surface area (Å²) in [5.74, 6) is -0.789. The highest BCUT2D eigenvalue weighted by Gasteiger charge is 2.15. The third-order valence-electron chi connectivity index (χ3n) is 2.47. The standard InChI is InChI=1S/C12H14N2O2S/c15-12(16)7-10(11-4-2-6-17-11)14-8-9-3-1-5-13-9/h1-6,10,13-14H,7-8H2,(H,15,16). The minimum absolute atomic E-state index is 0.0984. The van der Waals surface area contributed by atoms with E-state index in [-0.39, 0.29) is 12.5 Å². The van der Waals surface area contributed by atoms with Crippen LogP contribution in [-0.4, -0.2) is 16.1 Å². The smallest absolute Gasteiger partial charge is 0.305 e. The number of thiophene rings is 1. The lowest BCUT2D eigenvalue weighted by molar-refractivity contribution is -0.137. The predicted octanol–water partition coefficient (Wildman–Crippen LogP) is 2.38. The Morgan fingerprint density at radius 1 is 1.47 bits per heavy atom. The fourth-order valence-electron chi connectivity index (χ4n) is 1.65. The fraction of sp³-hybridized carbons (Fsp3) is 0.250. The van der Waals surface area contributed by atoms with Gasteiger partial charge in [0.15, 0.2) is 0 Å². The highest BCUT2D eigenvalue weighted by molar-refractivity contribution is 7.10. The Kier molecular flexibility index (Phi) is 3.95. The molecule has 1 unspecified atom stereocenters. The molecule has 0 saturated heterocycles. The van der Waals surface area contributed by atoms with Crippen LogP contribution in [0.1, 0.15) is 23.0 Å². The van der Waals surface area contributed by atoms with Crippen LogP contribution < -0.4 is 5.32 Å². The van der Waals surface area contributed by atoms with E-state index in [1.165, 1.54) is 0 Å². The first kappa shape index (κ1) is 11.9. The first-order valence-electron chi connectivity index (χ1n) is 5.36. The zero-order valence-corrected chi connectivity index (χ0v) is 10.0. The van der Waals surface area contributed by atoms with E-state index in [1.54, 1.807) is 11.3 Å². The molecule has 1 atom stereocenters. The average Bonchev–Trinajstić information content (AvgIpc) is 2.96. The molecule has 2 aromatic rings. The summed E-state index contributed by atoms with van der Waals surface area (Å²) in [6, 6.07) is 7.66. The minimum Gasteiger partial charge on any atom is -0.481 e. The number of hydrogen-bond acceptors (Lipinski definition) is 3. The molecule has 2 aromatic heterocycles. The number of rotatable bonds is 6. The van der Waals surface area contributed by atoms with Gasteiger partial charge in [0.1, 0.15) is 0 Å². The first-order valence-corrected chi connectivity index (χ1v) is 6.24. The lowest BCUT2D eigenvalue weighted by Gasteiger charge is -2.14. The van der Waals surface area contributed by atoms with Crippen LogP contribution in [0.25, 0.3) is 0 Å². The number of carboxylic acids is 1. The molecule has 0 aliphatic heterocycles. The number of nitrogens with one attached hydrogen (secondary N) is 2. The molecule has 0 aromatic carbocycles. The maximum atomic E-state index is 10.8. The van der Waals surface area contributed by atoms with Crippen molar-refractivity contribution in [2.24, 2.45) is 0 Å². The van der Waals surface area contributed by atoms with Crippen LogP contribution in [0.4, 0.5) is 0 Å². The van der Waals surface area contributed by atoms with Crippen molar-refractivity contribution < 1.29 is 9.90 Å². The van der Waals surface area contributed by atoms with E-state index in [0.29, 0.717) is 6.54 Å². The van der Waals surface area contributed by atoms with Gasteiger partial charge < -0.3 is 15.4 Å². The van der Waals surface area contributed by atoms with E-state index >= 15 is 0 Å². The summed E-state index contributed by atoms with van der Waals surface area (Å²) >= 11 is 1.57. The third-order valence-corrected chi connectivity index (χ3v) is 3.45. The van der Waals surface area contributed by atoms with Gasteiger partial charge in [0.25, 0.3) is 0 Å².